The minimum atomic E-state index is 0.112. The Labute approximate surface area is 135 Å². The lowest BCUT2D eigenvalue weighted by Crippen LogP contribution is -2.32. The van der Waals surface area contributed by atoms with Crippen LogP contribution in [0.15, 0.2) is 30.3 Å². The monoisotopic (exact) mass is 315 g/mol. The van der Waals surface area contributed by atoms with Gasteiger partial charge >= 0.3 is 0 Å². The quantitative estimate of drug-likeness (QED) is 0.870. The molecule has 4 nitrogen and oxygen atoms in total. The van der Waals surface area contributed by atoms with E-state index in [1.807, 2.05) is 11.8 Å². The molecule has 116 valence electrons. The first-order chi connectivity index (χ1) is 10.8. The van der Waals surface area contributed by atoms with E-state index in [0.29, 0.717) is 5.92 Å². The highest BCUT2D eigenvalue weighted by Gasteiger charge is 2.25. The number of benzene rings is 1. The van der Waals surface area contributed by atoms with Crippen LogP contribution >= 0.6 is 11.5 Å². The highest BCUT2D eigenvalue weighted by Crippen LogP contribution is 2.28. The molecule has 0 N–H and O–H groups in total. The summed E-state index contributed by atoms with van der Waals surface area (Å²) >= 11 is 1.23. The van der Waals surface area contributed by atoms with Crippen molar-refractivity contribution in [2.45, 2.75) is 38.5 Å². The topological polar surface area (TPSA) is 46.1 Å². The summed E-state index contributed by atoms with van der Waals surface area (Å²) in [6.07, 6.45) is 4.00. The predicted molar refractivity (Wildman–Crippen MR) is 88.2 cm³/mol. The number of likely N-dealkylation sites (tertiary alicyclic amines) is 1. The zero-order chi connectivity index (χ0) is 15.4. The number of hydrogen-bond donors (Lipinski definition) is 0. The van der Waals surface area contributed by atoms with Crippen molar-refractivity contribution < 1.29 is 4.79 Å². The van der Waals surface area contributed by atoms with E-state index in [1.54, 1.807) is 0 Å². The summed E-state index contributed by atoms with van der Waals surface area (Å²) in [5.41, 5.74) is 2.23. The van der Waals surface area contributed by atoms with Gasteiger partial charge in [0, 0.05) is 13.1 Å². The van der Waals surface area contributed by atoms with Gasteiger partial charge in [0.05, 0.1) is 5.69 Å². The fraction of sp³-hybridized carbons (Fsp3) is 0.471. The molecule has 22 heavy (non-hydrogen) atoms. The number of rotatable bonds is 3. The Bertz CT molecular complexity index is 626. The van der Waals surface area contributed by atoms with Gasteiger partial charge in [-0.1, -0.05) is 41.7 Å². The van der Waals surface area contributed by atoms with Gasteiger partial charge in [0.25, 0.3) is 5.91 Å². The smallest absolute Gasteiger partial charge is 0.267 e. The first kappa shape index (κ1) is 15.2. The second kappa shape index (κ2) is 7.01. The number of carbonyl (C=O) groups excluding carboxylic acids is 1. The third kappa shape index (κ3) is 3.19. The van der Waals surface area contributed by atoms with Gasteiger partial charge in [-0.25, -0.2) is 0 Å². The normalized spacial score (nSPS) is 19.0. The van der Waals surface area contributed by atoms with E-state index in [9.17, 15) is 4.79 Å². The van der Waals surface area contributed by atoms with E-state index in [1.165, 1.54) is 17.1 Å². The predicted octanol–water partition coefficient (Wildman–Crippen LogP) is 3.51. The molecule has 0 radical (unpaired) electrons. The van der Waals surface area contributed by atoms with Crippen LogP contribution in [0.5, 0.6) is 0 Å². The lowest BCUT2D eigenvalue weighted by molar-refractivity contribution is 0.0764. The Morgan fingerprint density at radius 2 is 2.09 bits per heavy atom. The van der Waals surface area contributed by atoms with Crippen LogP contribution in [0.1, 0.15) is 53.0 Å². The van der Waals surface area contributed by atoms with Crippen molar-refractivity contribution >= 4 is 17.4 Å². The number of nitrogens with zero attached hydrogens (tertiary/aromatic N) is 3. The number of carbonyl (C=O) groups is 1. The molecule has 5 heteroatoms. The minimum Gasteiger partial charge on any atom is -0.338 e. The van der Waals surface area contributed by atoms with Crippen LogP contribution < -0.4 is 0 Å². The van der Waals surface area contributed by atoms with Gasteiger partial charge in [0.1, 0.15) is 4.88 Å². The molecular weight excluding hydrogens is 294 g/mol. The molecule has 1 atom stereocenters. The summed E-state index contributed by atoms with van der Waals surface area (Å²) < 4.78 is 3.94. The largest absolute Gasteiger partial charge is 0.338 e. The maximum absolute atomic E-state index is 12.7. The Kier molecular flexibility index (Phi) is 4.83. The number of hydrogen-bond acceptors (Lipinski definition) is 4. The van der Waals surface area contributed by atoms with E-state index in [0.717, 1.165) is 49.3 Å². The van der Waals surface area contributed by atoms with Crippen LogP contribution in [0.4, 0.5) is 0 Å². The molecule has 1 aromatic heterocycles. The van der Waals surface area contributed by atoms with Gasteiger partial charge in [-0.2, -0.15) is 0 Å². The van der Waals surface area contributed by atoms with Crippen LogP contribution in [0.25, 0.3) is 0 Å². The van der Waals surface area contributed by atoms with Gasteiger partial charge in [-0.15, -0.1) is 5.10 Å². The highest BCUT2D eigenvalue weighted by molar-refractivity contribution is 7.08. The molecule has 1 saturated heterocycles. The molecule has 0 saturated carbocycles. The van der Waals surface area contributed by atoms with Crippen molar-refractivity contribution in [2.75, 3.05) is 13.1 Å². The van der Waals surface area contributed by atoms with Crippen molar-refractivity contribution in [3.63, 3.8) is 0 Å². The van der Waals surface area contributed by atoms with Gasteiger partial charge < -0.3 is 4.90 Å². The minimum absolute atomic E-state index is 0.112. The van der Waals surface area contributed by atoms with E-state index >= 15 is 0 Å². The second-order valence-electron chi connectivity index (χ2n) is 5.73. The maximum atomic E-state index is 12.7. The van der Waals surface area contributed by atoms with Crippen LogP contribution in [-0.4, -0.2) is 33.5 Å². The molecule has 1 fully saturated rings. The third-order valence-electron chi connectivity index (χ3n) is 4.37. The second-order valence-corrected chi connectivity index (χ2v) is 6.49. The van der Waals surface area contributed by atoms with Crippen molar-refractivity contribution in [3.05, 3.63) is 46.5 Å². The van der Waals surface area contributed by atoms with Gasteiger partial charge in [0.15, 0.2) is 0 Å². The van der Waals surface area contributed by atoms with E-state index in [-0.39, 0.29) is 5.91 Å². The number of amides is 1. The summed E-state index contributed by atoms with van der Waals surface area (Å²) in [4.78, 5) is 15.4. The average Bonchev–Trinajstić information content (AvgIpc) is 2.91. The van der Waals surface area contributed by atoms with E-state index in [2.05, 4.69) is 39.9 Å². The average molecular weight is 315 g/mol. The zero-order valence-electron chi connectivity index (χ0n) is 12.9. The molecule has 0 aliphatic carbocycles. The molecule has 1 aromatic carbocycles. The molecule has 1 unspecified atom stereocenters. The molecule has 2 aromatic rings. The number of aryl methyl sites for hydroxylation is 1. The molecule has 1 amide bonds. The van der Waals surface area contributed by atoms with Gasteiger partial charge in [0.2, 0.25) is 0 Å². The summed E-state index contributed by atoms with van der Waals surface area (Å²) in [7, 11) is 0. The maximum Gasteiger partial charge on any atom is 0.267 e. The van der Waals surface area contributed by atoms with Gasteiger partial charge in [-0.3, -0.25) is 4.79 Å². The Morgan fingerprint density at radius 3 is 2.86 bits per heavy atom. The molecule has 2 heterocycles. The van der Waals surface area contributed by atoms with E-state index < -0.39 is 0 Å². The molecule has 0 bridgehead atoms. The molecule has 1 aliphatic rings. The lowest BCUT2D eigenvalue weighted by Gasteiger charge is -2.20. The number of aromatic nitrogens is 2. The van der Waals surface area contributed by atoms with Crippen LogP contribution in [0, 0.1) is 0 Å². The van der Waals surface area contributed by atoms with Crippen molar-refractivity contribution in [1.82, 2.24) is 14.5 Å². The van der Waals surface area contributed by atoms with Crippen LogP contribution in [0.2, 0.25) is 0 Å². The van der Waals surface area contributed by atoms with Crippen LogP contribution in [0.3, 0.4) is 0 Å². The first-order valence-corrected chi connectivity index (χ1v) is 8.72. The molecular formula is C17H21N3OS. The summed E-state index contributed by atoms with van der Waals surface area (Å²) in [6, 6.07) is 10.6. The summed E-state index contributed by atoms with van der Waals surface area (Å²) in [5, 5.41) is 4.06. The molecule has 3 rings (SSSR count). The van der Waals surface area contributed by atoms with E-state index in [4.69, 9.17) is 0 Å². The Balaban J connectivity index is 1.69. The SMILES string of the molecule is CCc1nnsc1C(=O)N1CCCC(c2ccccc2)CC1. The standard InChI is InChI=1S/C17H21N3OS/c1-2-15-16(22-19-18-15)17(21)20-11-6-9-14(10-12-20)13-7-4-3-5-8-13/h3-5,7-8,14H,2,6,9-12H2,1H3. The highest BCUT2D eigenvalue weighted by atomic mass is 32.1. The van der Waals surface area contributed by atoms with Crippen molar-refractivity contribution in [3.8, 4) is 0 Å². The Hall–Kier alpha value is -1.75. The Morgan fingerprint density at radius 1 is 1.27 bits per heavy atom. The first-order valence-electron chi connectivity index (χ1n) is 7.95. The fourth-order valence-corrected chi connectivity index (χ4v) is 3.82. The summed E-state index contributed by atoms with van der Waals surface area (Å²) in [6.45, 7) is 3.67. The van der Waals surface area contributed by atoms with Crippen molar-refractivity contribution in [2.24, 2.45) is 0 Å². The zero-order valence-corrected chi connectivity index (χ0v) is 13.7. The molecule has 1 aliphatic heterocycles. The van der Waals surface area contributed by atoms with Crippen LogP contribution in [-0.2, 0) is 6.42 Å². The fourth-order valence-electron chi connectivity index (χ4n) is 3.10. The summed E-state index contributed by atoms with van der Waals surface area (Å²) in [5.74, 6) is 0.671. The third-order valence-corrected chi connectivity index (χ3v) is 5.13. The van der Waals surface area contributed by atoms with Crippen molar-refractivity contribution in [1.29, 1.82) is 0 Å². The molecule has 0 spiro atoms. The van der Waals surface area contributed by atoms with Gasteiger partial charge in [-0.05, 0) is 48.7 Å². The lowest BCUT2D eigenvalue weighted by atomic mass is 9.92.